The molecule has 4 nitrogen and oxygen atoms in total. The standard InChI is InChI=1S/C12H20N2O2S/c15-12(9-10-3-7-17-8-4-10)14-5-1-11(13-16)2-6-14/h10,16H,1-9H2. The van der Waals surface area contributed by atoms with E-state index in [9.17, 15) is 4.79 Å². The Kier molecular flexibility index (Phi) is 4.71. The van der Waals surface area contributed by atoms with Gasteiger partial charge in [-0.05, 0) is 30.3 Å². The lowest BCUT2D eigenvalue weighted by Crippen LogP contribution is -2.39. The Labute approximate surface area is 106 Å². The number of likely N-dealkylation sites (tertiary alicyclic amines) is 1. The summed E-state index contributed by atoms with van der Waals surface area (Å²) in [7, 11) is 0. The zero-order chi connectivity index (χ0) is 12.1. The normalized spacial score (nSPS) is 22.6. The van der Waals surface area contributed by atoms with E-state index in [0.717, 1.165) is 31.6 Å². The quantitative estimate of drug-likeness (QED) is 0.607. The van der Waals surface area contributed by atoms with Gasteiger partial charge in [0.15, 0.2) is 0 Å². The Morgan fingerprint density at radius 3 is 2.59 bits per heavy atom. The fourth-order valence-electron chi connectivity index (χ4n) is 2.44. The molecule has 0 radical (unpaired) electrons. The van der Waals surface area contributed by atoms with Crippen molar-refractivity contribution >= 4 is 23.4 Å². The smallest absolute Gasteiger partial charge is 0.222 e. The van der Waals surface area contributed by atoms with Crippen molar-refractivity contribution in [3.8, 4) is 0 Å². The average Bonchev–Trinajstić information content (AvgIpc) is 2.40. The van der Waals surface area contributed by atoms with Gasteiger partial charge in [0.05, 0.1) is 5.71 Å². The number of hydrogen-bond donors (Lipinski definition) is 1. The number of hydrogen-bond acceptors (Lipinski definition) is 4. The summed E-state index contributed by atoms with van der Waals surface area (Å²) >= 11 is 2.00. The molecule has 2 aliphatic heterocycles. The highest BCUT2D eigenvalue weighted by Crippen LogP contribution is 2.26. The van der Waals surface area contributed by atoms with Crippen LogP contribution in [0, 0.1) is 5.92 Å². The lowest BCUT2D eigenvalue weighted by atomic mass is 9.97. The molecule has 96 valence electrons. The minimum atomic E-state index is 0.291. The molecule has 0 bridgehead atoms. The Morgan fingerprint density at radius 1 is 1.35 bits per heavy atom. The first-order valence-electron chi connectivity index (χ1n) is 6.35. The van der Waals surface area contributed by atoms with Crippen LogP contribution in [0.3, 0.4) is 0 Å². The maximum Gasteiger partial charge on any atom is 0.222 e. The Bertz CT molecular complexity index is 291. The van der Waals surface area contributed by atoms with Crippen LogP contribution in [-0.2, 0) is 4.79 Å². The van der Waals surface area contributed by atoms with Crippen molar-refractivity contribution in [2.75, 3.05) is 24.6 Å². The van der Waals surface area contributed by atoms with E-state index in [1.807, 2.05) is 16.7 Å². The molecule has 1 amide bonds. The van der Waals surface area contributed by atoms with Crippen molar-refractivity contribution in [1.29, 1.82) is 0 Å². The van der Waals surface area contributed by atoms with Crippen molar-refractivity contribution in [2.24, 2.45) is 11.1 Å². The third-order valence-corrected chi connectivity index (χ3v) is 4.69. The fraction of sp³-hybridized carbons (Fsp3) is 0.833. The van der Waals surface area contributed by atoms with Crippen LogP contribution in [0.5, 0.6) is 0 Å². The molecule has 0 spiro atoms. The molecule has 0 saturated carbocycles. The summed E-state index contributed by atoms with van der Waals surface area (Å²) in [4.78, 5) is 14.0. The SMILES string of the molecule is O=C(CC1CCSCC1)N1CCC(=NO)CC1. The van der Waals surface area contributed by atoms with Crippen LogP contribution in [-0.4, -0.2) is 46.3 Å². The van der Waals surface area contributed by atoms with Gasteiger partial charge in [-0.15, -0.1) is 0 Å². The van der Waals surface area contributed by atoms with Crippen LogP contribution in [0.1, 0.15) is 32.1 Å². The molecule has 0 aromatic heterocycles. The predicted molar refractivity (Wildman–Crippen MR) is 69.7 cm³/mol. The Hall–Kier alpha value is -0.710. The molecule has 0 aliphatic carbocycles. The van der Waals surface area contributed by atoms with E-state index in [1.165, 1.54) is 24.3 Å². The first kappa shape index (κ1) is 12.7. The first-order valence-corrected chi connectivity index (χ1v) is 7.50. The number of nitrogens with zero attached hydrogens (tertiary/aromatic N) is 2. The molecular weight excluding hydrogens is 236 g/mol. The molecule has 2 aliphatic rings. The summed E-state index contributed by atoms with van der Waals surface area (Å²) in [5, 5.41) is 11.9. The lowest BCUT2D eigenvalue weighted by molar-refractivity contribution is -0.132. The van der Waals surface area contributed by atoms with Crippen LogP contribution in [0.2, 0.25) is 0 Å². The molecule has 2 saturated heterocycles. The number of amides is 1. The minimum absolute atomic E-state index is 0.291. The second-order valence-electron chi connectivity index (χ2n) is 4.81. The highest BCUT2D eigenvalue weighted by molar-refractivity contribution is 7.99. The van der Waals surface area contributed by atoms with Crippen LogP contribution < -0.4 is 0 Å². The van der Waals surface area contributed by atoms with Gasteiger partial charge in [0, 0.05) is 32.4 Å². The second-order valence-corrected chi connectivity index (χ2v) is 6.03. The van der Waals surface area contributed by atoms with Gasteiger partial charge in [0.1, 0.15) is 0 Å². The number of oxime groups is 1. The van der Waals surface area contributed by atoms with Crippen molar-refractivity contribution in [3.05, 3.63) is 0 Å². The zero-order valence-electron chi connectivity index (χ0n) is 10.1. The van der Waals surface area contributed by atoms with Gasteiger partial charge in [0.2, 0.25) is 5.91 Å². The number of carbonyl (C=O) groups excluding carboxylic acids is 1. The van der Waals surface area contributed by atoms with Crippen LogP contribution >= 0.6 is 11.8 Å². The van der Waals surface area contributed by atoms with Gasteiger partial charge >= 0.3 is 0 Å². The van der Waals surface area contributed by atoms with Crippen molar-refractivity contribution in [1.82, 2.24) is 4.90 Å². The summed E-state index contributed by atoms with van der Waals surface area (Å²) < 4.78 is 0. The Balaban J connectivity index is 1.76. The van der Waals surface area contributed by atoms with Crippen molar-refractivity contribution in [2.45, 2.75) is 32.1 Å². The summed E-state index contributed by atoms with van der Waals surface area (Å²) in [6.45, 7) is 1.44. The van der Waals surface area contributed by atoms with Gasteiger partial charge < -0.3 is 10.1 Å². The lowest BCUT2D eigenvalue weighted by Gasteiger charge is -2.29. The average molecular weight is 256 g/mol. The van der Waals surface area contributed by atoms with E-state index in [4.69, 9.17) is 5.21 Å². The van der Waals surface area contributed by atoms with Crippen LogP contribution in [0.4, 0.5) is 0 Å². The molecule has 2 rings (SSSR count). The minimum Gasteiger partial charge on any atom is -0.411 e. The van der Waals surface area contributed by atoms with Gasteiger partial charge in [-0.2, -0.15) is 11.8 Å². The van der Waals surface area contributed by atoms with E-state index in [1.54, 1.807) is 0 Å². The van der Waals surface area contributed by atoms with Gasteiger partial charge in [0.25, 0.3) is 0 Å². The second kappa shape index (κ2) is 6.28. The third-order valence-electron chi connectivity index (χ3n) is 3.64. The van der Waals surface area contributed by atoms with Crippen LogP contribution in [0.15, 0.2) is 5.16 Å². The summed E-state index contributed by atoms with van der Waals surface area (Å²) in [5.74, 6) is 3.30. The molecule has 2 heterocycles. The topological polar surface area (TPSA) is 52.9 Å². The number of thioether (sulfide) groups is 1. The van der Waals surface area contributed by atoms with Gasteiger partial charge in [-0.3, -0.25) is 4.79 Å². The van der Waals surface area contributed by atoms with Crippen molar-refractivity contribution in [3.63, 3.8) is 0 Å². The molecule has 17 heavy (non-hydrogen) atoms. The van der Waals surface area contributed by atoms with Gasteiger partial charge in [-0.1, -0.05) is 5.16 Å². The Morgan fingerprint density at radius 2 is 2.00 bits per heavy atom. The zero-order valence-corrected chi connectivity index (χ0v) is 10.9. The molecule has 0 aromatic rings. The summed E-state index contributed by atoms with van der Waals surface area (Å²) in [6, 6.07) is 0. The predicted octanol–water partition coefficient (Wildman–Crippen LogP) is 1.97. The highest BCUT2D eigenvalue weighted by Gasteiger charge is 2.23. The molecule has 1 N–H and O–H groups in total. The highest BCUT2D eigenvalue weighted by atomic mass is 32.2. The summed E-state index contributed by atoms with van der Waals surface area (Å²) in [6.07, 6.45) is 4.54. The molecule has 5 heteroatoms. The van der Waals surface area contributed by atoms with E-state index in [2.05, 4.69) is 5.16 Å². The van der Waals surface area contributed by atoms with E-state index in [0.29, 0.717) is 18.2 Å². The van der Waals surface area contributed by atoms with Crippen molar-refractivity contribution < 1.29 is 10.0 Å². The molecule has 0 atom stereocenters. The maximum atomic E-state index is 12.1. The van der Waals surface area contributed by atoms with E-state index >= 15 is 0 Å². The monoisotopic (exact) mass is 256 g/mol. The number of carbonyl (C=O) groups is 1. The molecule has 0 aromatic carbocycles. The van der Waals surface area contributed by atoms with E-state index in [-0.39, 0.29) is 0 Å². The number of rotatable bonds is 2. The molecule has 2 fully saturated rings. The fourth-order valence-corrected chi connectivity index (χ4v) is 3.64. The number of piperidine rings is 1. The molecular formula is C12H20N2O2S. The van der Waals surface area contributed by atoms with Gasteiger partial charge in [-0.25, -0.2) is 0 Å². The third kappa shape index (κ3) is 3.63. The van der Waals surface area contributed by atoms with Crippen LogP contribution in [0.25, 0.3) is 0 Å². The first-order chi connectivity index (χ1) is 8.29. The maximum absolute atomic E-state index is 12.1. The summed E-state index contributed by atoms with van der Waals surface area (Å²) in [5.41, 5.74) is 0.822. The van der Waals surface area contributed by atoms with E-state index < -0.39 is 0 Å². The molecule has 0 unspecified atom stereocenters. The largest absolute Gasteiger partial charge is 0.411 e.